The molecule has 0 aliphatic heterocycles. The largest absolute Gasteiger partial charge is 0.462 e. The summed E-state index contributed by atoms with van der Waals surface area (Å²) in [5.41, 5.74) is 0. The highest BCUT2D eigenvalue weighted by Gasteiger charge is 2.19. The van der Waals surface area contributed by atoms with Crippen molar-refractivity contribution >= 4 is 17.9 Å². The van der Waals surface area contributed by atoms with Crippen molar-refractivity contribution in [1.29, 1.82) is 0 Å². The van der Waals surface area contributed by atoms with Crippen molar-refractivity contribution in [3.8, 4) is 0 Å². The Kier molecular flexibility index (Phi) is 67.6. The highest BCUT2D eigenvalue weighted by Crippen LogP contribution is 2.19. The number of ether oxygens (including phenoxy) is 3. The Balaban J connectivity index is 4.25. The molecule has 0 aliphatic rings. The number of carbonyl (C=O) groups is 3. The summed E-state index contributed by atoms with van der Waals surface area (Å²) in [4.78, 5) is 38.5. The molecule has 0 heterocycles. The third kappa shape index (κ3) is 66.7. The van der Waals surface area contributed by atoms with E-state index in [2.05, 4.69) is 45.1 Å². The SMILES string of the molecule is CCCCC/C=C\C/C=C\CCCCCCCCCCCC(=O)OC(COC(=O)CCCCCCCCCCCCCCCCCCC)COC(=O)CCCCCCCCCCCCCCCCCCCCCCCCCCCC. The minimum atomic E-state index is -0.771. The van der Waals surface area contributed by atoms with E-state index in [0.717, 1.165) is 64.2 Å². The number of carbonyl (C=O) groups excluding carboxylic acids is 3. The molecule has 0 aromatic rings. The van der Waals surface area contributed by atoms with Crippen LogP contribution in [-0.2, 0) is 28.6 Å². The summed E-state index contributed by atoms with van der Waals surface area (Å²) in [7, 11) is 0. The Bertz CT molecular complexity index is 1290. The van der Waals surface area contributed by atoms with Crippen LogP contribution < -0.4 is 0 Å². The summed E-state index contributed by atoms with van der Waals surface area (Å²) in [6.07, 6.45) is 85.0. The number of hydrogen-bond donors (Lipinski definition) is 0. The molecule has 0 radical (unpaired) electrons. The minimum absolute atomic E-state index is 0.0662. The van der Waals surface area contributed by atoms with Crippen LogP contribution in [0.15, 0.2) is 24.3 Å². The van der Waals surface area contributed by atoms with Gasteiger partial charge in [0.15, 0.2) is 6.10 Å². The van der Waals surface area contributed by atoms with Crippen LogP contribution in [0.3, 0.4) is 0 Å². The maximum atomic E-state index is 13.0. The van der Waals surface area contributed by atoms with E-state index in [1.807, 2.05) is 0 Å². The van der Waals surface area contributed by atoms with Gasteiger partial charge in [-0.2, -0.15) is 0 Å². The molecule has 6 heteroatoms. The van der Waals surface area contributed by atoms with Gasteiger partial charge in [-0.25, -0.2) is 0 Å². The highest BCUT2D eigenvalue weighted by molar-refractivity contribution is 5.71. The van der Waals surface area contributed by atoms with Crippen LogP contribution in [0.5, 0.6) is 0 Å². The van der Waals surface area contributed by atoms with Gasteiger partial charge < -0.3 is 14.2 Å². The monoisotopic (exact) mass is 1130 g/mol. The van der Waals surface area contributed by atoms with E-state index in [9.17, 15) is 14.4 Å². The van der Waals surface area contributed by atoms with Crippen LogP contribution in [0.25, 0.3) is 0 Å². The normalized spacial score (nSPS) is 12.1. The third-order valence-electron chi connectivity index (χ3n) is 16.7. The van der Waals surface area contributed by atoms with E-state index >= 15 is 0 Å². The van der Waals surface area contributed by atoms with Crippen LogP contribution in [0.1, 0.15) is 412 Å². The Morgan fingerprint density at radius 3 is 0.713 bits per heavy atom. The highest BCUT2D eigenvalue weighted by atomic mass is 16.6. The molecule has 0 saturated heterocycles. The predicted molar refractivity (Wildman–Crippen MR) is 349 cm³/mol. The minimum Gasteiger partial charge on any atom is -0.462 e. The van der Waals surface area contributed by atoms with Crippen molar-refractivity contribution in [3.63, 3.8) is 0 Å². The van der Waals surface area contributed by atoms with Gasteiger partial charge in [-0.3, -0.25) is 14.4 Å². The molecule has 472 valence electrons. The zero-order valence-corrected chi connectivity index (χ0v) is 54.4. The molecule has 0 rings (SSSR count). The van der Waals surface area contributed by atoms with Gasteiger partial charge in [-0.15, -0.1) is 0 Å². The van der Waals surface area contributed by atoms with Crippen LogP contribution >= 0.6 is 0 Å². The molecule has 0 aliphatic carbocycles. The summed E-state index contributed by atoms with van der Waals surface area (Å²) in [6.45, 7) is 6.71. The van der Waals surface area contributed by atoms with E-state index in [-0.39, 0.29) is 31.1 Å². The van der Waals surface area contributed by atoms with Gasteiger partial charge in [0, 0.05) is 19.3 Å². The van der Waals surface area contributed by atoms with Crippen molar-refractivity contribution in [3.05, 3.63) is 24.3 Å². The topological polar surface area (TPSA) is 78.9 Å². The van der Waals surface area contributed by atoms with Gasteiger partial charge in [0.2, 0.25) is 0 Å². The lowest BCUT2D eigenvalue weighted by molar-refractivity contribution is -0.167. The molecule has 0 aromatic carbocycles. The first-order chi connectivity index (χ1) is 39.5. The molecule has 6 nitrogen and oxygen atoms in total. The number of allylic oxidation sites excluding steroid dienone is 4. The standard InChI is InChI=1S/C74H140O6/c1-4-7-10-13-16-19-22-25-28-31-33-34-35-36-37-38-39-41-43-46-49-52-55-58-61-64-67-73(76)79-70-71(69-78-72(75)66-63-60-57-54-51-48-45-42-30-27-24-21-18-15-12-9-6-3)80-74(77)68-65-62-59-56-53-50-47-44-40-32-29-26-23-20-17-14-11-8-5-2/h17,20,26,29,71H,4-16,18-19,21-25,27-28,30-70H2,1-3H3/b20-17-,29-26-. The van der Waals surface area contributed by atoms with Crippen molar-refractivity contribution in [2.45, 2.75) is 419 Å². The predicted octanol–water partition coefficient (Wildman–Crippen LogP) is 25.0. The first-order valence-corrected chi connectivity index (χ1v) is 36.3. The van der Waals surface area contributed by atoms with Gasteiger partial charge in [-0.05, 0) is 51.4 Å². The molecule has 80 heavy (non-hydrogen) atoms. The molecule has 1 unspecified atom stereocenters. The summed E-state index contributed by atoms with van der Waals surface area (Å²) >= 11 is 0. The lowest BCUT2D eigenvalue weighted by Gasteiger charge is -2.18. The van der Waals surface area contributed by atoms with Gasteiger partial charge in [0.25, 0.3) is 0 Å². The second-order valence-electron chi connectivity index (χ2n) is 24.9. The summed E-state index contributed by atoms with van der Waals surface area (Å²) in [5, 5.41) is 0. The molecule has 0 bridgehead atoms. The molecular formula is C74H140O6. The van der Waals surface area contributed by atoms with Crippen molar-refractivity contribution in [2.24, 2.45) is 0 Å². The van der Waals surface area contributed by atoms with E-state index in [1.54, 1.807) is 0 Å². The van der Waals surface area contributed by atoms with E-state index < -0.39 is 6.10 Å². The lowest BCUT2D eigenvalue weighted by Crippen LogP contribution is -2.30. The third-order valence-corrected chi connectivity index (χ3v) is 16.7. The number of rotatable bonds is 68. The van der Waals surface area contributed by atoms with Gasteiger partial charge in [-0.1, -0.05) is 366 Å². The fourth-order valence-corrected chi connectivity index (χ4v) is 11.2. The first-order valence-electron chi connectivity index (χ1n) is 36.3. The molecular weight excluding hydrogens is 985 g/mol. The van der Waals surface area contributed by atoms with E-state index in [0.29, 0.717) is 19.3 Å². The Hall–Kier alpha value is -2.11. The van der Waals surface area contributed by atoms with E-state index in [1.165, 1.54) is 308 Å². The summed E-state index contributed by atoms with van der Waals surface area (Å²) < 4.78 is 17.0. The Labute approximate surface area is 500 Å². The van der Waals surface area contributed by atoms with Gasteiger partial charge in [0.1, 0.15) is 13.2 Å². The molecule has 0 N–H and O–H groups in total. The average Bonchev–Trinajstić information content (AvgIpc) is 3.46. The van der Waals surface area contributed by atoms with Crippen LogP contribution in [0, 0.1) is 0 Å². The molecule has 0 spiro atoms. The first kappa shape index (κ1) is 77.9. The lowest BCUT2D eigenvalue weighted by atomic mass is 10.0. The molecule has 0 aromatic heterocycles. The molecule has 1 atom stereocenters. The van der Waals surface area contributed by atoms with E-state index in [4.69, 9.17) is 14.2 Å². The molecule has 0 fully saturated rings. The van der Waals surface area contributed by atoms with Gasteiger partial charge in [0.05, 0.1) is 0 Å². The van der Waals surface area contributed by atoms with Crippen molar-refractivity contribution < 1.29 is 28.6 Å². The molecule has 0 amide bonds. The van der Waals surface area contributed by atoms with Crippen LogP contribution in [0.2, 0.25) is 0 Å². The molecule has 0 saturated carbocycles. The second-order valence-corrected chi connectivity index (χ2v) is 24.9. The number of esters is 3. The second kappa shape index (κ2) is 69.4. The fraction of sp³-hybridized carbons (Fsp3) is 0.905. The smallest absolute Gasteiger partial charge is 0.306 e. The van der Waals surface area contributed by atoms with Crippen LogP contribution in [-0.4, -0.2) is 37.2 Å². The maximum Gasteiger partial charge on any atom is 0.306 e. The summed E-state index contributed by atoms with van der Waals surface area (Å²) in [6, 6.07) is 0. The summed E-state index contributed by atoms with van der Waals surface area (Å²) in [5.74, 6) is -0.835. The fourth-order valence-electron chi connectivity index (χ4n) is 11.2. The Morgan fingerprint density at radius 1 is 0.250 bits per heavy atom. The number of unbranched alkanes of at least 4 members (excludes halogenated alkanes) is 53. The van der Waals surface area contributed by atoms with Crippen LogP contribution in [0.4, 0.5) is 0 Å². The van der Waals surface area contributed by atoms with Crippen molar-refractivity contribution in [1.82, 2.24) is 0 Å². The zero-order chi connectivity index (χ0) is 57.8. The zero-order valence-electron chi connectivity index (χ0n) is 54.4. The quantitative estimate of drug-likeness (QED) is 0.0261. The average molecular weight is 1130 g/mol. The maximum absolute atomic E-state index is 13.0. The van der Waals surface area contributed by atoms with Crippen molar-refractivity contribution in [2.75, 3.05) is 13.2 Å². The van der Waals surface area contributed by atoms with Gasteiger partial charge >= 0.3 is 17.9 Å². The Morgan fingerprint density at radius 2 is 0.450 bits per heavy atom. The number of hydrogen-bond acceptors (Lipinski definition) is 6.